The number of hydrogen-bond donors (Lipinski definition) is 1. The van der Waals surface area contributed by atoms with E-state index in [2.05, 4.69) is 20.7 Å². The maximum Gasteiger partial charge on any atom is 0.248 e. The number of benzene rings is 2. The highest BCUT2D eigenvalue weighted by Gasteiger charge is 2.10. The van der Waals surface area contributed by atoms with Gasteiger partial charge in [0.2, 0.25) is 11.7 Å². The first kappa shape index (κ1) is 17.3. The third-order valence-corrected chi connectivity index (χ3v) is 3.64. The molecular weight excluding hydrogens is 334 g/mol. The minimum absolute atomic E-state index is 0.0280. The van der Waals surface area contributed by atoms with Crippen molar-refractivity contribution in [3.63, 3.8) is 0 Å². The lowest BCUT2D eigenvalue weighted by atomic mass is 10.1. The Hall–Kier alpha value is -3.55. The van der Waals surface area contributed by atoms with Crippen LogP contribution in [-0.4, -0.2) is 39.0 Å². The number of ketones is 1. The van der Waals surface area contributed by atoms with E-state index < -0.39 is 0 Å². The number of nitrogens with one attached hydrogen (secondary N) is 1. The van der Waals surface area contributed by atoms with Crippen molar-refractivity contribution in [3.8, 4) is 17.1 Å². The van der Waals surface area contributed by atoms with Crippen LogP contribution in [-0.2, 0) is 11.3 Å². The maximum atomic E-state index is 12.1. The lowest BCUT2D eigenvalue weighted by Crippen LogP contribution is -2.20. The topological polar surface area (TPSA) is 99.0 Å². The van der Waals surface area contributed by atoms with Crippen LogP contribution in [0, 0.1) is 0 Å². The molecule has 0 bridgehead atoms. The monoisotopic (exact) mass is 351 g/mol. The molecule has 0 spiro atoms. The van der Waals surface area contributed by atoms with Crippen molar-refractivity contribution < 1.29 is 14.3 Å². The molecule has 1 aromatic heterocycles. The van der Waals surface area contributed by atoms with Crippen LogP contribution in [0.15, 0.2) is 48.5 Å². The van der Waals surface area contributed by atoms with Crippen LogP contribution in [0.4, 0.5) is 5.69 Å². The second-order valence-corrected chi connectivity index (χ2v) is 5.56. The predicted octanol–water partition coefficient (Wildman–Crippen LogP) is 2.19. The summed E-state index contributed by atoms with van der Waals surface area (Å²) in [6.07, 6.45) is 0. The van der Waals surface area contributed by atoms with E-state index in [9.17, 15) is 9.59 Å². The van der Waals surface area contributed by atoms with Gasteiger partial charge >= 0.3 is 0 Å². The maximum absolute atomic E-state index is 12.1. The first-order valence-electron chi connectivity index (χ1n) is 7.88. The van der Waals surface area contributed by atoms with Crippen LogP contribution in [0.5, 0.6) is 5.75 Å². The van der Waals surface area contributed by atoms with Crippen LogP contribution in [0.1, 0.15) is 17.3 Å². The summed E-state index contributed by atoms with van der Waals surface area (Å²) in [5.41, 5.74) is 1.92. The Kier molecular flexibility index (Phi) is 5.02. The fraction of sp³-hybridized carbons (Fsp3) is 0.167. The number of methoxy groups -OCH3 is 1. The fourth-order valence-corrected chi connectivity index (χ4v) is 2.31. The molecule has 8 nitrogen and oxygen atoms in total. The van der Waals surface area contributed by atoms with Gasteiger partial charge in [-0.05, 0) is 48.5 Å². The van der Waals surface area contributed by atoms with Gasteiger partial charge in [0.1, 0.15) is 12.3 Å². The lowest BCUT2D eigenvalue weighted by Gasteiger charge is -2.05. The van der Waals surface area contributed by atoms with Crippen molar-refractivity contribution in [2.45, 2.75) is 13.5 Å². The van der Waals surface area contributed by atoms with Crippen LogP contribution in [0.3, 0.4) is 0 Å². The van der Waals surface area contributed by atoms with Gasteiger partial charge in [-0.25, -0.2) is 0 Å². The largest absolute Gasteiger partial charge is 0.497 e. The van der Waals surface area contributed by atoms with Gasteiger partial charge in [0.15, 0.2) is 5.78 Å². The zero-order chi connectivity index (χ0) is 18.5. The Morgan fingerprint density at radius 2 is 1.92 bits per heavy atom. The molecular formula is C18H17N5O3. The molecule has 132 valence electrons. The first-order valence-corrected chi connectivity index (χ1v) is 7.88. The van der Waals surface area contributed by atoms with E-state index in [0.717, 1.165) is 5.56 Å². The van der Waals surface area contributed by atoms with Crippen LogP contribution in [0.2, 0.25) is 0 Å². The van der Waals surface area contributed by atoms with Crippen LogP contribution in [0.25, 0.3) is 11.4 Å². The Morgan fingerprint density at radius 1 is 1.15 bits per heavy atom. The highest BCUT2D eigenvalue weighted by atomic mass is 16.5. The minimum Gasteiger partial charge on any atom is -0.497 e. The smallest absolute Gasteiger partial charge is 0.248 e. The minimum atomic E-state index is -0.296. The molecule has 0 aliphatic rings. The standard InChI is InChI=1S/C18H17N5O3/c1-12(24)13-6-8-15(9-7-13)19-17(25)11-23-21-18(20-22-23)14-4-3-5-16(10-14)26-2/h3-10H,11H2,1-2H3,(H,19,25). The third kappa shape index (κ3) is 4.10. The Morgan fingerprint density at radius 3 is 2.62 bits per heavy atom. The van der Waals surface area contributed by atoms with E-state index in [1.165, 1.54) is 11.7 Å². The summed E-state index contributed by atoms with van der Waals surface area (Å²) in [6, 6.07) is 13.9. The highest BCUT2D eigenvalue weighted by molar-refractivity contribution is 5.95. The average Bonchev–Trinajstić information content (AvgIpc) is 3.10. The lowest BCUT2D eigenvalue weighted by molar-refractivity contribution is -0.117. The molecule has 0 saturated heterocycles. The second-order valence-electron chi connectivity index (χ2n) is 5.56. The summed E-state index contributed by atoms with van der Waals surface area (Å²) >= 11 is 0. The zero-order valence-electron chi connectivity index (χ0n) is 14.3. The number of tetrazole rings is 1. The molecule has 0 aliphatic heterocycles. The molecule has 3 aromatic rings. The Bertz CT molecular complexity index is 934. The Labute approximate surface area is 149 Å². The van der Waals surface area contributed by atoms with Gasteiger partial charge in [-0.1, -0.05) is 12.1 Å². The van der Waals surface area contributed by atoms with Gasteiger partial charge in [-0.15, -0.1) is 10.2 Å². The average molecular weight is 351 g/mol. The second kappa shape index (κ2) is 7.56. The summed E-state index contributed by atoms with van der Waals surface area (Å²) in [7, 11) is 1.58. The van der Waals surface area contributed by atoms with Crippen molar-refractivity contribution in [1.82, 2.24) is 20.2 Å². The summed E-state index contributed by atoms with van der Waals surface area (Å²) in [4.78, 5) is 24.6. The molecule has 0 radical (unpaired) electrons. The van der Waals surface area contributed by atoms with Gasteiger partial charge in [0.05, 0.1) is 7.11 Å². The quantitative estimate of drug-likeness (QED) is 0.684. The van der Waals surface area contributed by atoms with Crippen molar-refractivity contribution >= 4 is 17.4 Å². The summed E-state index contributed by atoms with van der Waals surface area (Å²) in [5, 5.41) is 14.8. The molecule has 0 fully saturated rings. The molecule has 1 N–H and O–H groups in total. The molecule has 2 aromatic carbocycles. The van der Waals surface area contributed by atoms with E-state index in [1.807, 2.05) is 18.2 Å². The SMILES string of the molecule is COc1cccc(-c2nnn(CC(=O)Nc3ccc(C(C)=O)cc3)n2)c1. The molecule has 1 heterocycles. The highest BCUT2D eigenvalue weighted by Crippen LogP contribution is 2.19. The molecule has 0 aliphatic carbocycles. The van der Waals surface area contributed by atoms with Gasteiger partial charge < -0.3 is 10.1 Å². The number of ether oxygens (including phenoxy) is 1. The molecule has 0 unspecified atom stereocenters. The van der Waals surface area contributed by atoms with E-state index in [0.29, 0.717) is 22.8 Å². The molecule has 0 saturated carbocycles. The van der Waals surface area contributed by atoms with E-state index >= 15 is 0 Å². The number of aromatic nitrogens is 4. The normalized spacial score (nSPS) is 10.4. The third-order valence-electron chi connectivity index (χ3n) is 3.64. The number of hydrogen-bond acceptors (Lipinski definition) is 6. The number of anilines is 1. The predicted molar refractivity (Wildman–Crippen MR) is 94.9 cm³/mol. The van der Waals surface area contributed by atoms with E-state index in [1.54, 1.807) is 37.4 Å². The van der Waals surface area contributed by atoms with E-state index in [-0.39, 0.29) is 18.2 Å². The molecule has 0 atom stereocenters. The number of carbonyl (C=O) groups is 2. The molecule has 26 heavy (non-hydrogen) atoms. The summed E-state index contributed by atoms with van der Waals surface area (Å²) in [5.74, 6) is 0.767. The number of amides is 1. The fourth-order valence-electron chi connectivity index (χ4n) is 2.31. The number of carbonyl (C=O) groups excluding carboxylic acids is 2. The van der Waals surface area contributed by atoms with Crippen molar-refractivity contribution in [2.24, 2.45) is 0 Å². The van der Waals surface area contributed by atoms with Crippen LogP contribution >= 0.6 is 0 Å². The number of rotatable bonds is 6. The van der Waals surface area contributed by atoms with Gasteiger partial charge in [-0.2, -0.15) is 4.80 Å². The van der Waals surface area contributed by atoms with Crippen molar-refractivity contribution in [2.75, 3.05) is 12.4 Å². The zero-order valence-corrected chi connectivity index (χ0v) is 14.3. The van der Waals surface area contributed by atoms with Gasteiger partial charge in [0.25, 0.3) is 0 Å². The van der Waals surface area contributed by atoms with Gasteiger partial charge in [0, 0.05) is 16.8 Å². The molecule has 8 heteroatoms. The summed E-state index contributed by atoms with van der Waals surface area (Å²) in [6.45, 7) is 1.41. The van der Waals surface area contributed by atoms with Gasteiger partial charge in [-0.3, -0.25) is 9.59 Å². The van der Waals surface area contributed by atoms with Crippen LogP contribution < -0.4 is 10.1 Å². The van der Waals surface area contributed by atoms with Crippen molar-refractivity contribution in [3.05, 3.63) is 54.1 Å². The first-order chi connectivity index (χ1) is 12.5. The number of nitrogens with zero attached hydrogens (tertiary/aromatic N) is 4. The number of Topliss-reactive ketones (excluding diaryl/α,β-unsaturated/α-hetero) is 1. The molecule has 3 rings (SSSR count). The Balaban J connectivity index is 1.64. The molecule has 1 amide bonds. The summed E-state index contributed by atoms with van der Waals surface area (Å²) < 4.78 is 5.17. The van der Waals surface area contributed by atoms with E-state index in [4.69, 9.17) is 4.74 Å². The van der Waals surface area contributed by atoms with Crippen molar-refractivity contribution in [1.29, 1.82) is 0 Å².